The van der Waals surface area contributed by atoms with Crippen LogP contribution in [0.4, 0.5) is 11.5 Å². The smallest absolute Gasteiger partial charge is 0.239 e. The number of aromatic nitrogens is 1. The number of anilines is 2. The number of hydrogen-bond acceptors (Lipinski definition) is 4. The molecular weight excluding hydrogens is 260 g/mol. The van der Waals surface area contributed by atoms with Crippen molar-refractivity contribution in [2.24, 2.45) is 0 Å². The lowest BCUT2D eigenvalue weighted by Crippen LogP contribution is -2.29. The first-order valence-corrected chi connectivity index (χ1v) is 5.34. The first-order valence-electron chi connectivity index (χ1n) is 4.55. The summed E-state index contributed by atoms with van der Waals surface area (Å²) in [6, 6.07) is 1.73. The van der Waals surface area contributed by atoms with E-state index in [1.54, 1.807) is 12.3 Å². The minimum atomic E-state index is -0.0818. The third-order valence-electron chi connectivity index (χ3n) is 1.67. The number of hydrogen-bond donors (Lipinski definition) is 3. The standard InChI is InChI=1S/C9H13BrN4O/c1-2-12-8(15)5-14-9-7(11)3-6(10)4-13-9/h3-4H,2,5,11H2,1H3,(H,12,15)(H,13,14). The van der Waals surface area contributed by atoms with E-state index in [-0.39, 0.29) is 12.5 Å². The summed E-state index contributed by atoms with van der Waals surface area (Å²) in [5.41, 5.74) is 6.20. The van der Waals surface area contributed by atoms with Gasteiger partial charge in [0.15, 0.2) is 0 Å². The maximum Gasteiger partial charge on any atom is 0.239 e. The minimum Gasteiger partial charge on any atom is -0.396 e. The van der Waals surface area contributed by atoms with Crippen LogP contribution in [0.5, 0.6) is 0 Å². The van der Waals surface area contributed by atoms with Crippen LogP contribution >= 0.6 is 15.9 Å². The van der Waals surface area contributed by atoms with Gasteiger partial charge in [-0.1, -0.05) is 0 Å². The molecule has 1 amide bonds. The highest BCUT2D eigenvalue weighted by molar-refractivity contribution is 9.10. The van der Waals surface area contributed by atoms with Gasteiger partial charge in [-0.25, -0.2) is 4.98 Å². The fourth-order valence-electron chi connectivity index (χ4n) is 1.03. The van der Waals surface area contributed by atoms with Gasteiger partial charge in [0.25, 0.3) is 0 Å². The third kappa shape index (κ3) is 3.75. The Hall–Kier alpha value is -1.30. The van der Waals surface area contributed by atoms with E-state index in [0.717, 1.165) is 4.47 Å². The zero-order valence-corrected chi connectivity index (χ0v) is 9.97. The number of nitrogens with two attached hydrogens (primary N) is 1. The molecule has 6 heteroatoms. The number of halogens is 1. The number of amides is 1. The molecule has 0 aliphatic carbocycles. The quantitative estimate of drug-likeness (QED) is 0.763. The monoisotopic (exact) mass is 272 g/mol. The van der Waals surface area contributed by atoms with E-state index in [1.807, 2.05) is 6.92 Å². The molecule has 1 rings (SSSR count). The molecule has 1 aromatic heterocycles. The van der Waals surface area contributed by atoms with E-state index in [4.69, 9.17) is 5.73 Å². The number of pyridine rings is 1. The van der Waals surface area contributed by atoms with Crippen molar-refractivity contribution in [3.8, 4) is 0 Å². The van der Waals surface area contributed by atoms with Gasteiger partial charge in [0, 0.05) is 17.2 Å². The second-order valence-corrected chi connectivity index (χ2v) is 3.81. The van der Waals surface area contributed by atoms with Crippen LogP contribution in [0, 0.1) is 0 Å². The van der Waals surface area contributed by atoms with Crippen molar-refractivity contribution in [2.45, 2.75) is 6.92 Å². The molecule has 0 aromatic carbocycles. The number of nitrogen functional groups attached to an aromatic ring is 1. The molecule has 15 heavy (non-hydrogen) atoms. The van der Waals surface area contributed by atoms with E-state index < -0.39 is 0 Å². The van der Waals surface area contributed by atoms with Crippen LogP contribution in [0.15, 0.2) is 16.7 Å². The van der Waals surface area contributed by atoms with Gasteiger partial charge in [0.2, 0.25) is 5.91 Å². The van der Waals surface area contributed by atoms with Gasteiger partial charge in [-0.05, 0) is 28.9 Å². The van der Waals surface area contributed by atoms with E-state index in [0.29, 0.717) is 18.1 Å². The van der Waals surface area contributed by atoms with Gasteiger partial charge in [-0.15, -0.1) is 0 Å². The predicted molar refractivity (Wildman–Crippen MR) is 63.5 cm³/mol. The fraction of sp³-hybridized carbons (Fsp3) is 0.333. The predicted octanol–water partition coefficient (Wildman–Crippen LogP) is 0.974. The first-order chi connectivity index (χ1) is 7.13. The van der Waals surface area contributed by atoms with Crippen molar-refractivity contribution in [2.75, 3.05) is 24.1 Å². The summed E-state index contributed by atoms with van der Waals surface area (Å²) in [5.74, 6) is 0.436. The summed E-state index contributed by atoms with van der Waals surface area (Å²) in [4.78, 5) is 15.2. The van der Waals surface area contributed by atoms with E-state index in [9.17, 15) is 4.79 Å². The van der Waals surface area contributed by atoms with Crippen molar-refractivity contribution < 1.29 is 4.79 Å². The summed E-state index contributed by atoms with van der Waals surface area (Å²) in [6.45, 7) is 2.65. The molecule has 0 bridgehead atoms. The van der Waals surface area contributed by atoms with Gasteiger partial charge >= 0.3 is 0 Å². The molecule has 4 N–H and O–H groups in total. The van der Waals surface area contributed by atoms with Crippen LogP contribution in [0.3, 0.4) is 0 Å². The molecule has 5 nitrogen and oxygen atoms in total. The van der Waals surface area contributed by atoms with Crippen molar-refractivity contribution in [3.63, 3.8) is 0 Å². The fourth-order valence-corrected chi connectivity index (χ4v) is 1.38. The molecule has 0 aliphatic heterocycles. The largest absolute Gasteiger partial charge is 0.396 e. The molecule has 0 spiro atoms. The Bertz CT molecular complexity index is 356. The molecule has 0 fully saturated rings. The molecule has 82 valence electrons. The first kappa shape index (κ1) is 11.8. The summed E-state index contributed by atoms with van der Waals surface area (Å²) in [7, 11) is 0. The Morgan fingerprint density at radius 3 is 3.00 bits per heavy atom. The van der Waals surface area contributed by atoms with Crippen LogP contribution in [0.2, 0.25) is 0 Å². The normalized spacial score (nSPS) is 9.73. The average Bonchev–Trinajstić information content (AvgIpc) is 2.17. The van der Waals surface area contributed by atoms with Gasteiger partial charge < -0.3 is 16.4 Å². The number of carbonyl (C=O) groups is 1. The molecule has 0 radical (unpaired) electrons. The van der Waals surface area contributed by atoms with Crippen molar-refractivity contribution in [3.05, 3.63) is 16.7 Å². The highest BCUT2D eigenvalue weighted by Crippen LogP contribution is 2.19. The SMILES string of the molecule is CCNC(=O)CNc1ncc(Br)cc1N. The second kappa shape index (κ2) is 5.55. The van der Waals surface area contributed by atoms with Crippen molar-refractivity contribution in [1.29, 1.82) is 0 Å². The van der Waals surface area contributed by atoms with Crippen molar-refractivity contribution >= 4 is 33.3 Å². The Morgan fingerprint density at radius 2 is 2.40 bits per heavy atom. The lowest BCUT2D eigenvalue weighted by atomic mass is 10.4. The molecule has 0 atom stereocenters. The molecule has 0 aliphatic rings. The molecular formula is C9H13BrN4O. The van der Waals surface area contributed by atoms with E-state index >= 15 is 0 Å². The minimum absolute atomic E-state index is 0.0818. The Kier molecular flexibility index (Phi) is 4.36. The zero-order valence-electron chi connectivity index (χ0n) is 8.38. The number of rotatable bonds is 4. The number of carbonyl (C=O) groups excluding carboxylic acids is 1. The highest BCUT2D eigenvalue weighted by atomic mass is 79.9. The Morgan fingerprint density at radius 1 is 1.67 bits per heavy atom. The topological polar surface area (TPSA) is 80.0 Å². The van der Waals surface area contributed by atoms with Crippen LogP contribution in [-0.4, -0.2) is 24.0 Å². The van der Waals surface area contributed by atoms with E-state index in [1.165, 1.54) is 0 Å². The zero-order chi connectivity index (χ0) is 11.3. The Labute approximate surface area is 96.6 Å². The Balaban J connectivity index is 2.54. The maximum absolute atomic E-state index is 11.1. The lowest BCUT2D eigenvalue weighted by molar-refractivity contribution is -0.119. The van der Waals surface area contributed by atoms with Crippen LogP contribution in [0.1, 0.15) is 6.92 Å². The lowest BCUT2D eigenvalue weighted by Gasteiger charge is -2.07. The van der Waals surface area contributed by atoms with Gasteiger partial charge in [-0.2, -0.15) is 0 Å². The molecule has 0 saturated carbocycles. The summed E-state index contributed by atoms with van der Waals surface area (Å²) < 4.78 is 0.809. The van der Waals surface area contributed by atoms with Crippen molar-refractivity contribution in [1.82, 2.24) is 10.3 Å². The maximum atomic E-state index is 11.1. The summed E-state index contributed by atoms with van der Waals surface area (Å²) in [6.07, 6.45) is 1.62. The number of likely N-dealkylation sites (N-methyl/N-ethyl adjacent to an activating group) is 1. The van der Waals surface area contributed by atoms with Crippen LogP contribution in [0.25, 0.3) is 0 Å². The number of nitrogens with zero attached hydrogens (tertiary/aromatic N) is 1. The third-order valence-corrected chi connectivity index (χ3v) is 2.11. The summed E-state index contributed by atoms with van der Waals surface area (Å²) in [5, 5.41) is 5.52. The second-order valence-electron chi connectivity index (χ2n) is 2.90. The highest BCUT2D eigenvalue weighted by Gasteiger charge is 2.03. The van der Waals surface area contributed by atoms with Crippen LogP contribution < -0.4 is 16.4 Å². The van der Waals surface area contributed by atoms with Gasteiger partial charge in [0.05, 0.1) is 12.2 Å². The average molecular weight is 273 g/mol. The van der Waals surface area contributed by atoms with Gasteiger partial charge in [-0.3, -0.25) is 4.79 Å². The number of nitrogens with one attached hydrogen (secondary N) is 2. The molecule has 1 aromatic rings. The van der Waals surface area contributed by atoms with Gasteiger partial charge in [0.1, 0.15) is 5.82 Å². The van der Waals surface area contributed by atoms with E-state index in [2.05, 4.69) is 31.5 Å². The molecule has 0 unspecified atom stereocenters. The molecule has 1 heterocycles. The molecule has 0 saturated heterocycles. The van der Waals surface area contributed by atoms with Crippen LogP contribution in [-0.2, 0) is 4.79 Å². The summed E-state index contributed by atoms with van der Waals surface area (Å²) >= 11 is 3.25.